The van der Waals surface area contributed by atoms with E-state index in [1.165, 1.54) is 5.56 Å². The van der Waals surface area contributed by atoms with E-state index >= 15 is 0 Å². The highest BCUT2D eigenvalue weighted by atomic mass is 16.2. The number of nitrogens with one attached hydrogen (secondary N) is 1. The maximum atomic E-state index is 11.2. The summed E-state index contributed by atoms with van der Waals surface area (Å²) >= 11 is 0. The van der Waals surface area contributed by atoms with Crippen LogP contribution in [-0.4, -0.2) is 31.1 Å². The lowest BCUT2D eigenvalue weighted by molar-refractivity contribution is 0.193. The highest BCUT2D eigenvalue weighted by Crippen LogP contribution is 2.18. The first-order valence-electron chi connectivity index (χ1n) is 4.81. The number of carbonyl (C=O) groups excluding carboxylic acids is 1. The van der Waals surface area contributed by atoms with Crippen molar-refractivity contribution < 1.29 is 4.79 Å². The van der Waals surface area contributed by atoms with Crippen LogP contribution in [0.5, 0.6) is 0 Å². The first kappa shape index (κ1) is 9.06. The Hall–Kier alpha value is -1.51. The Morgan fingerprint density at radius 1 is 1.36 bits per heavy atom. The molecule has 1 heterocycles. The van der Waals surface area contributed by atoms with Crippen molar-refractivity contribution in [2.45, 2.75) is 5.92 Å². The van der Waals surface area contributed by atoms with Gasteiger partial charge < -0.3 is 10.2 Å². The summed E-state index contributed by atoms with van der Waals surface area (Å²) in [6.07, 6.45) is 0. The number of nitrogens with zero attached hydrogens (tertiary/aromatic N) is 1. The molecule has 74 valence electrons. The minimum absolute atomic E-state index is 0.0252. The van der Waals surface area contributed by atoms with Gasteiger partial charge in [-0.2, -0.15) is 0 Å². The maximum Gasteiger partial charge on any atom is 0.317 e. The van der Waals surface area contributed by atoms with E-state index in [1.54, 1.807) is 4.90 Å². The molecule has 1 aromatic rings. The van der Waals surface area contributed by atoms with E-state index < -0.39 is 0 Å². The smallest absolute Gasteiger partial charge is 0.317 e. The first-order valence-corrected chi connectivity index (χ1v) is 4.81. The lowest BCUT2D eigenvalue weighted by Gasteiger charge is -2.30. The molecule has 1 atom stereocenters. The van der Waals surface area contributed by atoms with Gasteiger partial charge in [-0.05, 0) is 5.56 Å². The van der Waals surface area contributed by atoms with Crippen molar-refractivity contribution in [3.63, 3.8) is 0 Å². The number of likely N-dealkylation sites (N-methyl/N-ethyl adjacent to an activating group) is 1. The van der Waals surface area contributed by atoms with Gasteiger partial charge in [-0.3, -0.25) is 0 Å². The molecule has 0 radical (unpaired) electrons. The standard InChI is InChI=1S/C11H14N2O/c1-13-8-10(7-12-11(13)14)9-5-3-2-4-6-9/h2-6,10H,7-8H2,1H3,(H,12,14). The molecule has 14 heavy (non-hydrogen) atoms. The van der Waals surface area contributed by atoms with Gasteiger partial charge in [0.15, 0.2) is 0 Å². The number of urea groups is 1. The van der Waals surface area contributed by atoms with E-state index in [9.17, 15) is 4.79 Å². The first-order chi connectivity index (χ1) is 6.77. The molecule has 0 spiro atoms. The van der Waals surface area contributed by atoms with Crippen LogP contribution in [0.4, 0.5) is 4.79 Å². The zero-order valence-corrected chi connectivity index (χ0v) is 8.23. The largest absolute Gasteiger partial charge is 0.337 e. The van der Waals surface area contributed by atoms with Crippen LogP contribution in [0.2, 0.25) is 0 Å². The highest BCUT2D eigenvalue weighted by Gasteiger charge is 2.22. The SMILES string of the molecule is CN1CC(c2ccccc2)CNC1=O. The average Bonchev–Trinajstić information content (AvgIpc) is 2.23. The molecule has 1 fully saturated rings. The second-order valence-corrected chi connectivity index (χ2v) is 3.67. The van der Waals surface area contributed by atoms with E-state index in [0.29, 0.717) is 5.92 Å². The van der Waals surface area contributed by atoms with E-state index in [2.05, 4.69) is 17.4 Å². The summed E-state index contributed by atoms with van der Waals surface area (Å²) in [5.74, 6) is 0.416. The van der Waals surface area contributed by atoms with Gasteiger partial charge >= 0.3 is 6.03 Å². The zero-order chi connectivity index (χ0) is 9.97. The van der Waals surface area contributed by atoms with Crippen LogP contribution in [-0.2, 0) is 0 Å². The summed E-state index contributed by atoms with van der Waals surface area (Å²) < 4.78 is 0. The number of amides is 2. The lowest BCUT2D eigenvalue weighted by atomic mass is 9.97. The molecule has 3 nitrogen and oxygen atoms in total. The molecule has 0 saturated carbocycles. The van der Waals surface area contributed by atoms with Gasteiger partial charge in [0, 0.05) is 26.1 Å². The minimum atomic E-state index is 0.0252. The van der Waals surface area contributed by atoms with Crippen molar-refractivity contribution in [1.29, 1.82) is 0 Å². The number of benzene rings is 1. The van der Waals surface area contributed by atoms with Crippen molar-refractivity contribution in [2.24, 2.45) is 0 Å². The highest BCUT2D eigenvalue weighted by molar-refractivity contribution is 5.74. The normalized spacial score (nSPS) is 21.9. The second-order valence-electron chi connectivity index (χ2n) is 3.67. The summed E-state index contributed by atoms with van der Waals surface area (Å²) in [4.78, 5) is 12.9. The Bertz CT molecular complexity index is 323. The van der Waals surface area contributed by atoms with Gasteiger partial charge in [0.2, 0.25) is 0 Å². The molecule has 1 aliphatic heterocycles. The second kappa shape index (κ2) is 3.70. The fourth-order valence-corrected chi connectivity index (χ4v) is 1.77. The third-order valence-corrected chi connectivity index (χ3v) is 2.61. The van der Waals surface area contributed by atoms with Crippen LogP contribution >= 0.6 is 0 Å². The van der Waals surface area contributed by atoms with Crippen molar-refractivity contribution in [2.75, 3.05) is 20.1 Å². The van der Waals surface area contributed by atoms with Crippen LogP contribution in [0.25, 0.3) is 0 Å². The van der Waals surface area contributed by atoms with Gasteiger partial charge in [-0.25, -0.2) is 4.79 Å². The number of rotatable bonds is 1. The summed E-state index contributed by atoms with van der Waals surface area (Å²) in [6, 6.07) is 10.3. The Labute approximate surface area is 83.7 Å². The molecule has 3 heteroatoms. The van der Waals surface area contributed by atoms with Crippen LogP contribution < -0.4 is 5.32 Å². The van der Waals surface area contributed by atoms with E-state index in [0.717, 1.165) is 13.1 Å². The van der Waals surface area contributed by atoms with Crippen molar-refractivity contribution in [3.05, 3.63) is 35.9 Å². The molecular formula is C11H14N2O. The summed E-state index contributed by atoms with van der Waals surface area (Å²) in [5.41, 5.74) is 1.29. The van der Waals surface area contributed by atoms with Crippen LogP contribution in [0, 0.1) is 0 Å². The topological polar surface area (TPSA) is 32.3 Å². The van der Waals surface area contributed by atoms with Crippen LogP contribution in [0.15, 0.2) is 30.3 Å². The van der Waals surface area contributed by atoms with Crippen molar-refractivity contribution in [3.8, 4) is 0 Å². The van der Waals surface area contributed by atoms with Gasteiger partial charge in [0.1, 0.15) is 0 Å². The Kier molecular flexibility index (Phi) is 2.39. The molecule has 1 aromatic carbocycles. The fourth-order valence-electron chi connectivity index (χ4n) is 1.77. The van der Waals surface area contributed by atoms with Crippen molar-refractivity contribution >= 4 is 6.03 Å². The quantitative estimate of drug-likeness (QED) is 0.713. The minimum Gasteiger partial charge on any atom is -0.337 e. The predicted octanol–water partition coefficient (Wildman–Crippen LogP) is 1.43. The van der Waals surface area contributed by atoms with Gasteiger partial charge in [0.05, 0.1) is 0 Å². The van der Waals surface area contributed by atoms with Crippen molar-refractivity contribution in [1.82, 2.24) is 10.2 Å². The van der Waals surface area contributed by atoms with Gasteiger partial charge in [-0.1, -0.05) is 30.3 Å². The van der Waals surface area contributed by atoms with Gasteiger partial charge in [-0.15, -0.1) is 0 Å². The molecular weight excluding hydrogens is 176 g/mol. The molecule has 1 aliphatic rings. The molecule has 2 amide bonds. The molecule has 0 aromatic heterocycles. The third kappa shape index (κ3) is 1.71. The lowest BCUT2D eigenvalue weighted by Crippen LogP contribution is -2.48. The number of hydrogen-bond acceptors (Lipinski definition) is 1. The van der Waals surface area contributed by atoms with E-state index in [-0.39, 0.29) is 6.03 Å². The Balaban J connectivity index is 2.11. The molecule has 2 rings (SSSR count). The average molecular weight is 190 g/mol. The fraction of sp³-hybridized carbons (Fsp3) is 0.364. The maximum absolute atomic E-state index is 11.2. The third-order valence-electron chi connectivity index (χ3n) is 2.61. The molecule has 1 unspecified atom stereocenters. The monoisotopic (exact) mass is 190 g/mol. The van der Waals surface area contributed by atoms with E-state index in [1.807, 2.05) is 25.2 Å². The summed E-state index contributed by atoms with van der Waals surface area (Å²) in [7, 11) is 1.82. The van der Waals surface area contributed by atoms with Crippen LogP contribution in [0.3, 0.4) is 0 Å². The molecule has 1 saturated heterocycles. The molecule has 0 aliphatic carbocycles. The van der Waals surface area contributed by atoms with E-state index in [4.69, 9.17) is 0 Å². The zero-order valence-electron chi connectivity index (χ0n) is 8.23. The Morgan fingerprint density at radius 2 is 2.07 bits per heavy atom. The summed E-state index contributed by atoms with van der Waals surface area (Å²) in [6.45, 7) is 1.54. The van der Waals surface area contributed by atoms with Crippen LogP contribution in [0.1, 0.15) is 11.5 Å². The molecule has 0 bridgehead atoms. The number of hydrogen-bond donors (Lipinski definition) is 1. The number of carbonyl (C=O) groups is 1. The molecule has 1 N–H and O–H groups in total. The summed E-state index contributed by atoms with van der Waals surface area (Å²) in [5, 5.41) is 2.87. The Morgan fingerprint density at radius 3 is 2.71 bits per heavy atom. The van der Waals surface area contributed by atoms with Gasteiger partial charge in [0.25, 0.3) is 0 Å². The predicted molar refractivity (Wildman–Crippen MR) is 55.2 cm³/mol.